The Labute approximate surface area is 127 Å². The van der Waals surface area contributed by atoms with Crippen molar-refractivity contribution in [3.8, 4) is 5.75 Å². The van der Waals surface area contributed by atoms with Gasteiger partial charge in [-0.25, -0.2) is 4.98 Å². The van der Waals surface area contributed by atoms with Crippen molar-refractivity contribution >= 4 is 39.9 Å². The number of carbonyl (C=O) groups is 1. The van der Waals surface area contributed by atoms with Crippen LogP contribution in [0.2, 0.25) is 10.0 Å². The number of carbonyl (C=O) groups excluding carboxylic acids is 1. The molecule has 0 N–H and O–H groups in total. The number of halogens is 2. The van der Waals surface area contributed by atoms with Gasteiger partial charge < -0.3 is 4.74 Å². The quantitative estimate of drug-likeness (QED) is 0.810. The van der Waals surface area contributed by atoms with Crippen molar-refractivity contribution in [2.45, 2.75) is 26.7 Å². The fourth-order valence-corrected chi connectivity index (χ4v) is 2.50. The molecule has 5 heteroatoms. The summed E-state index contributed by atoms with van der Waals surface area (Å²) < 4.78 is 5.57. The van der Waals surface area contributed by atoms with Crippen LogP contribution in [-0.4, -0.2) is 17.4 Å². The van der Waals surface area contributed by atoms with Crippen LogP contribution < -0.4 is 4.74 Å². The molecular weight excluding hydrogens is 297 g/mol. The zero-order valence-electron chi connectivity index (χ0n) is 11.4. The second-order valence-corrected chi connectivity index (χ2v) is 5.41. The summed E-state index contributed by atoms with van der Waals surface area (Å²) in [6.07, 6.45) is 1.30. The van der Waals surface area contributed by atoms with E-state index in [4.69, 9.17) is 27.9 Å². The van der Waals surface area contributed by atoms with E-state index in [9.17, 15) is 4.79 Å². The smallest absolute Gasteiger partial charge is 0.170 e. The molecule has 20 heavy (non-hydrogen) atoms. The van der Waals surface area contributed by atoms with E-state index < -0.39 is 0 Å². The third-order valence-electron chi connectivity index (χ3n) is 2.88. The summed E-state index contributed by atoms with van der Waals surface area (Å²) in [5, 5.41) is 1.65. The van der Waals surface area contributed by atoms with Crippen molar-refractivity contribution < 1.29 is 9.53 Å². The second kappa shape index (κ2) is 6.42. The number of fused-ring (bicyclic) bond motifs is 1. The van der Waals surface area contributed by atoms with Gasteiger partial charge in [-0.2, -0.15) is 0 Å². The lowest BCUT2D eigenvalue weighted by atomic mass is 10.2. The molecule has 0 saturated heterocycles. The molecule has 2 rings (SSSR count). The van der Waals surface area contributed by atoms with Crippen molar-refractivity contribution in [3.63, 3.8) is 0 Å². The number of benzene rings is 1. The van der Waals surface area contributed by atoms with Gasteiger partial charge in [-0.3, -0.25) is 4.79 Å². The van der Waals surface area contributed by atoms with E-state index >= 15 is 0 Å². The Morgan fingerprint density at radius 1 is 1.30 bits per heavy atom. The molecule has 0 radical (unpaired) electrons. The van der Waals surface area contributed by atoms with Crippen LogP contribution in [0.5, 0.6) is 5.75 Å². The number of hydrogen-bond acceptors (Lipinski definition) is 3. The van der Waals surface area contributed by atoms with Crippen LogP contribution in [0, 0.1) is 6.92 Å². The fourth-order valence-electron chi connectivity index (χ4n) is 1.93. The van der Waals surface area contributed by atoms with E-state index in [1.807, 2.05) is 26.0 Å². The number of hydrogen-bond donors (Lipinski definition) is 0. The topological polar surface area (TPSA) is 39.2 Å². The number of Topliss-reactive ketones (excluding diaryl/α,β-unsaturated/α-hetero) is 1. The monoisotopic (exact) mass is 311 g/mol. The number of aromatic nitrogens is 1. The Hall–Kier alpha value is -1.32. The highest BCUT2D eigenvalue weighted by atomic mass is 35.5. The van der Waals surface area contributed by atoms with Crippen LogP contribution in [0.3, 0.4) is 0 Å². The molecule has 0 aliphatic carbocycles. The molecule has 106 valence electrons. The van der Waals surface area contributed by atoms with Gasteiger partial charge in [0, 0.05) is 17.5 Å². The largest absolute Gasteiger partial charge is 0.482 e. The summed E-state index contributed by atoms with van der Waals surface area (Å²) in [7, 11) is 0. The van der Waals surface area contributed by atoms with Crippen LogP contribution in [-0.2, 0) is 4.79 Å². The molecule has 0 atom stereocenters. The second-order valence-electron chi connectivity index (χ2n) is 4.60. The lowest BCUT2D eigenvalue weighted by Crippen LogP contribution is -2.11. The maximum Gasteiger partial charge on any atom is 0.170 e. The normalized spacial score (nSPS) is 10.8. The summed E-state index contributed by atoms with van der Waals surface area (Å²) in [5.74, 6) is 0.457. The van der Waals surface area contributed by atoms with Crippen LogP contribution in [0.4, 0.5) is 0 Å². The highest BCUT2D eigenvalue weighted by molar-refractivity contribution is 6.39. The molecule has 0 bridgehead atoms. The number of aryl methyl sites for hydroxylation is 1. The molecule has 0 fully saturated rings. The Kier molecular flexibility index (Phi) is 4.84. The van der Waals surface area contributed by atoms with Crippen LogP contribution >= 0.6 is 23.2 Å². The molecule has 0 aliphatic rings. The van der Waals surface area contributed by atoms with Crippen LogP contribution in [0.15, 0.2) is 18.2 Å². The Morgan fingerprint density at radius 2 is 2.05 bits per heavy atom. The van der Waals surface area contributed by atoms with E-state index in [2.05, 4.69) is 4.98 Å². The SMILES string of the molecule is CCCC(=O)COc1c(Cl)cc(Cl)c2ccc(C)nc12. The van der Waals surface area contributed by atoms with Crippen molar-refractivity contribution in [1.29, 1.82) is 0 Å². The minimum atomic E-state index is -0.0000850. The molecule has 1 aromatic carbocycles. The van der Waals surface area contributed by atoms with E-state index in [1.165, 1.54) is 0 Å². The molecule has 0 aliphatic heterocycles. The maximum absolute atomic E-state index is 11.6. The first kappa shape index (κ1) is 15.1. The fraction of sp³-hybridized carbons (Fsp3) is 0.333. The van der Waals surface area contributed by atoms with Gasteiger partial charge in [0.15, 0.2) is 11.5 Å². The van der Waals surface area contributed by atoms with Crippen molar-refractivity contribution in [1.82, 2.24) is 4.98 Å². The maximum atomic E-state index is 11.6. The molecule has 0 amide bonds. The van der Waals surface area contributed by atoms with Gasteiger partial charge in [0.05, 0.1) is 10.0 Å². The van der Waals surface area contributed by atoms with Gasteiger partial charge in [-0.15, -0.1) is 0 Å². The average Bonchev–Trinajstić information content (AvgIpc) is 2.38. The summed E-state index contributed by atoms with van der Waals surface area (Å²) in [5.41, 5.74) is 1.42. The molecule has 0 unspecified atom stereocenters. The van der Waals surface area contributed by atoms with Gasteiger partial charge in [0.2, 0.25) is 0 Å². The first-order valence-corrected chi connectivity index (χ1v) is 7.18. The van der Waals surface area contributed by atoms with Crippen LogP contribution in [0.1, 0.15) is 25.5 Å². The van der Waals surface area contributed by atoms with Gasteiger partial charge in [-0.05, 0) is 31.5 Å². The van der Waals surface area contributed by atoms with Crippen molar-refractivity contribution in [3.05, 3.63) is 33.9 Å². The first-order valence-electron chi connectivity index (χ1n) is 6.42. The molecular formula is C15H15Cl2NO2. The molecule has 1 aromatic heterocycles. The minimum absolute atomic E-state index is 0.0000850. The van der Waals surface area contributed by atoms with Gasteiger partial charge in [0.25, 0.3) is 0 Å². The van der Waals surface area contributed by atoms with Gasteiger partial charge >= 0.3 is 0 Å². The summed E-state index contributed by atoms with van der Waals surface area (Å²) in [6, 6.07) is 5.35. The number of pyridine rings is 1. The van der Waals surface area contributed by atoms with E-state index in [0.29, 0.717) is 27.7 Å². The van der Waals surface area contributed by atoms with Gasteiger partial charge in [0.1, 0.15) is 12.1 Å². The van der Waals surface area contributed by atoms with Gasteiger partial charge in [-0.1, -0.05) is 30.1 Å². The summed E-state index contributed by atoms with van der Waals surface area (Å²) in [4.78, 5) is 16.0. The molecule has 1 heterocycles. The van der Waals surface area contributed by atoms with Crippen molar-refractivity contribution in [2.75, 3.05) is 6.61 Å². The number of ether oxygens (including phenoxy) is 1. The predicted molar refractivity (Wildman–Crippen MR) is 81.9 cm³/mol. The Balaban J connectivity index is 2.41. The zero-order chi connectivity index (χ0) is 14.7. The standard InChI is InChI=1S/C15H15Cl2NO2/c1-3-4-10(19)8-20-15-13(17)7-12(16)11-6-5-9(2)18-14(11)15/h5-7H,3-4,8H2,1-2H3. The lowest BCUT2D eigenvalue weighted by molar-refractivity contribution is -0.121. The molecule has 0 spiro atoms. The Bertz CT molecular complexity index is 656. The van der Waals surface area contributed by atoms with E-state index in [0.717, 1.165) is 17.5 Å². The molecule has 0 saturated carbocycles. The minimum Gasteiger partial charge on any atom is -0.482 e. The molecule has 2 aromatic rings. The van der Waals surface area contributed by atoms with E-state index in [-0.39, 0.29) is 12.4 Å². The van der Waals surface area contributed by atoms with Crippen molar-refractivity contribution in [2.24, 2.45) is 0 Å². The summed E-state index contributed by atoms with van der Waals surface area (Å²) in [6.45, 7) is 3.83. The highest BCUT2D eigenvalue weighted by Gasteiger charge is 2.14. The summed E-state index contributed by atoms with van der Waals surface area (Å²) >= 11 is 12.3. The number of rotatable bonds is 5. The third kappa shape index (κ3) is 3.22. The van der Waals surface area contributed by atoms with E-state index in [1.54, 1.807) is 6.07 Å². The average molecular weight is 312 g/mol. The predicted octanol–water partition coefficient (Wildman–Crippen LogP) is 4.60. The highest BCUT2D eigenvalue weighted by Crippen LogP contribution is 2.37. The molecule has 3 nitrogen and oxygen atoms in total. The first-order chi connectivity index (χ1) is 9.52. The lowest BCUT2D eigenvalue weighted by Gasteiger charge is -2.11. The zero-order valence-corrected chi connectivity index (χ0v) is 12.9. The van der Waals surface area contributed by atoms with Crippen LogP contribution in [0.25, 0.3) is 10.9 Å². The number of ketones is 1. The third-order valence-corrected chi connectivity index (χ3v) is 3.48. The number of nitrogens with zero attached hydrogens (tertiary/aromatic N) is 1. The Morgan fingerprint density at radius 3 is 2.75 bits per heavy atom.